The quantitative estimate of drug-likeness (QED) is 0.141. The molecule has 0 bridgehead atoms. The number of rotatable bonds is 5. The van der Waals surface area contributed by atoms with E-state index >= 15 is 0 Å². The zero-order valence-electron chi connectivity index (χ0n) is 21.4. The maximum Gasteiger partial charge on any atom is 0 e. The summed E-state index contributed by atoms with van der Waals surface area (Å²) >= 11 is 0. The first kappa shape index (κ1) is 30.6. The van der Waals surface area contributed by atoms with E-state index in [9.17, 15) is 0 Å². The summed E-state index contributed by atoms with van der Waals surface area (Å²) in [6.07, 6.45) is 1.83. The van der Waals surface area contributed by atoms with E-state index in [4.69, 9.17) is 0 Å². The van der Waals surface area contributed by atoms with Crippen molar-refractivity contribution in [1.82, 2.24) is 0 Å². The van der Waals surface area contributed by atoms with Crippen molar-refractivity contribution in [2.24, 2.45) is 0 Å². The summed E-state index contributed by atoms with van der Waals surface area (Å²) in [4.78, 5) is 0. The van der Waals surface area contributed by atoms with Crippen molar-refractivity contribution < 1.29 is 20.4 Å². The van der Waals surface area contributed by atoms with Gasteiger partial charge in [-0.05, 0) is 56.0 Å². The van der Waals surface area contributed by atoms with Gasteiger partial charge >= 0.3 is 0 Å². The van der Waals surface area contributed by atoms with Crippen molar-refractivity contribution in [2.75, 3.05) is 13.3 Å². The van der Waals surface area contributed by atoms with Crippen LogP contribution in [0.2, 0.25) is 0 Å². The van der Waals surface area contributed by atoms with Gasteiger partial charge in [0.1, 0.15) is 0 Å². The van der Waals surface area contributed by atoms with E-state index in [0.29, 0.717) is 0 Å². The molecule has 0 aliphatic heterocycles. The molecule has 0 aliphatic carbocycles. The van der Waals surface area contributed by atoms with E-state index in [1.165, 1.54) is 26.8 Å². The average molecular weight is 611 g/mol. The van der Waals surface area contributed by atoms with Crippen LogP contribution in [0.25, 0.3) is 6.08 Å². The predicted molar refractivity (Wildman–Crippen MR) is 167 cm³/mol. The largest absolute Gasteiger partial charge is 0.0985 e. The molecule has 5 aromatic rings. The molecule has 0 nitrogen and oxygen atoms in total. The summed E-state index contributed by atoms with van der Waals surface area (Å²) in [6, 6.07) is 52.8. The van der Waals surface area contributed by atoms with Gasteiger partial charge in [-0.1, -0.05) is 164 Å². The molecule has 0 spiro atoms. The zero-order chi connectivity index (χ0) is 25.4. The Balaban J connectivity index is 0.000000200. The second-order valence-corrected chi connectivity index (χ2v) is 12.4. The molecule has 0 amide bonds. The van der Waals surface area contributed by atoms with E-state index in [0.717, 1.165) is 0 Å². The molecule has 37 heavy (non-hydrogen) atoms. The van der Waals surface area contributed by atoms with E-state index in [1.54, 1.807) is 0 Å². The minimum absolute atomic E-state index is 0. The minimum atomic E-state index is -0.171. The predicted octanol–water partition coefficient (Wildman–Crippen LogP) is 7.83. The van der Waals surface area contributed by atoms with Crippen LogP contribution in [0.3, 0.4) is 0 Å². The van der Waals surface area contributed by atoms with E-state index < -0.39 is 0 Å². The molecule has 5 rings (SSSR count). The van der Waals surface area contributed by atoms with Crippen LogP contribution in [0.4, 0.5) is 0 Å². The topological polar surface area (TPSA) is 0 Å². The first-order chi connectivity index (χ1) is 17.7. The van der Waals surface area contributed by atoms with Gasteiger partial charge in [0.2, 0.25) is 0 Å². The summed E-state index contributed by atoms with van der Waals surface area (Å²) in [5.41, 5.74) is 1.17. The van der Waals surface area contributed by atoms with Crippen LogP contribution in [0.1, 0.15) is 5.56 Å². The van der Waals surface area contributed by atoms with Crippen LogP contribution < -0.4 is 21.2 Å². The monoisotopic (exact) mass is 610 g/mol. The molecule has 0 heterocycles. The molecule has 0 aromatic heterocycles. The van der Waals surface area contributed by atoms with Gasteiger partial charge < -0.3 is 0 Å². The van der Waals surface area contributed by atoms with Crippen molar-refractivity contribution in [1.29, 1.82) is 0 Å². The van der Waals surface area contributed by atoms with Crippen LogP contribution >= 0.6 is 15.8 Å². The van der Waals surface area contributed by atoms with Crippen LogP contribution in [0, 0.1) is 0 Å². The molecule has 0 radical (unpaired) electrons. The Kier molecular flexibility index (Phi) is 14.7. The van der Waals surface area contributed by atoms with Gasteiger partial charge in [-0.2, -0.15) is 0 Å². The van der Waals surface area contributed by atoms with Crippen LogP contribution in [-0.4, -0.2) is 13.3 Å². The molecule has 0 N–H and O–H groups in total. The van der Waals surface area contributed by atoms with Gasteiger partial charge in [0.15, 0.2) is 0 Å². The van der Waals surface area contributed by atoms with Gasteiger partial charge in [-0.25, -0.2) is 0 Å². The Morgan fingerprint density at radius 1 is 0.405 bits per heavy atom. The van der Waals surface area contributed by atoms with Crippen LogP contribution in [-0.2, 0) is 20.4 Å². The van der Waals surface area contributed by atoms with Gasteiger partial charge in [0.05, 0.1) is 0 Å². The van der Waals surface area contributed by atoms with Crippen molar-refractivity contribution in [3.63, 3.8) is 0 Å². The Labute approximate surface area is 239 Å². The molecular weight excluding hydrogens is 577 g/mol. The van der Waals surface area contributed by atoms with Crippen LogP contribution in [0.5, 0.6) is 0 Å². The number of benzene rings is 5. The third-order valence-electron chi connectivity index (χ3n) is 5.61. The molecule has 0 aliphatic rings. The average Bonchev–Trinajstić information content (AvgIpc) is 2.99. The second kappa shape index (κ2) is 17.8. The van der Waals surface area contributed by atoms with Gasteiger partial charge in [0, 0.05) is 20.4 Å². The summed E-state index contributed by atoms with van der Waals surface area (Å²) in [5.74, 6) is 0. The summed E-state index contributed by atoms with van der Waals surface area (Å²) < 4.78 is 0. The molecule has 0 atom stereocenters. The SMILES string of the molecule is C=Cc1ccccc1.CP(c1ccccc1)c1ccccc1.CP(c1ccccc1)c1ccccc1.[Pd]. The molecule has 5 aromatic carbocycles. The van der Waals surface area contributed by atoms with Crippen molar-refractivity contribution in [2.45, 2.75) is 0 Å². The molecule has 190 valence electrons. The van der Waals surface area contributed by atoms with Crippen molar-refractivity contribution >= 4 is 43.1 Å². The van der Waals surface area contributed by atoms with E-state index in [-0.39, 0.29) is 36.3 Å². The van der Waals surface area contributed by atoms with Gasteiger partial charge in [0.25, 0.3) is 0 Å². The third kappa shape index (κ3) is 10.7. The van der Waals surface area contributed by atoms with Gasteiger partial charge in [-0.15, -0.1) is 0 Å². The van der Waals surface area contributed by atoms with Crippen LogP contribution in [0.15, 0.2) is 158 Å². The molecular formula is C34H34P2Pd. The van der Waals surface area contributed by atoms with E-state index in [1.807, 2.05) is 36.4 Å². The zero-order valence-corrected chi connectivity index (χ0v) is 24.8. The maximum absolute atomic E-state index is 3.63. The van der Waals surface area contributed by atoms with Crippen molar-refractivity contribution in [3.05, 3.63) is 164 Å². The summed E-state index contributed by atoms with van der Waals surface area (Å²) in [6.45, 7) is 8.24. The Morgan fingerprint density at radius 3 is 0.811 bits per heavy atom. The molecule has 0 unspecified atom stereocenters. The normalized spacial score (nSPS) is 9.73. The first-order valence-electron chi connectivity index (χ1n) is 12.0. The fourth-order valence-corrected chi connectivity index (χ4v) is 6.57. The first-order valence-corrected chi connectivity index (χ1v) is 15.6. The fourth-order valence-electron chi connectivity index (χ4n) is 3.49. The van der Waals surface area contributed by atoms with Crippen molar-refractivity contribution in [3.8, 4) is 0 Å². The second-order valence-electron chi connectivity index (χ2n) is 8.08. The third-order valence-corrected chi connectivity index (χ3v) is 9.90. The summed E-state index contributed by atoms with van der Waals surface area (Å²) in [7, 11) is -0.342. The molecule has 0 saturated carbocycles. The summed E-state index contributed by atoms with van der Waals surface area (Å²) in [5, 5.41) is 5.75. The van der Waals surface area contributed by atoms with E-state index in [2.05, 4.69) is 141 Å². The smallest absolute Gasteiger partial charge is 0 e. The van der Waals surface area contributed by atoms with Gasteiger partial charge in [-0.3, -0.25) is 0 Å². The Morgan fingerprint density at radius 2 is 0.622 bits per heavy atom. The standard InChI is InChI=1S/2C13H13P.C8H8.Pd/c2*1-14(12-8-4-2-5-9-12)13-10-6-3-7-11-13;1-2-8-6-4-3-5-7-8;/h2*2-11H,1H3;2-7H,1H2;. The number of hydrogen-bond acceptors (Lipinski definition) is 0. The minimum Gasteiger partial charge on any atom is -0.0985 e. The Bertz CT molecular complexity index is 1090. The fraction of sp³-hybridized carbons (Fsp3) is 0.0588. The maximum atomic E-state index is 3.63. The number of hydrogen-bond donors (Lipinski definition) is 0. The molecule has 3 heteroatoms. The Hall–Kier alpha value is -2.64. The molecule has 0 fully saturated rings. The molecule has 0 saturated heterocycles.